The van der Waals surface area contributed by atoms with Crippen molar-refractivity contribution < 1.29 is 0 Å². The van der Waals surface area contributed by atoms with Gasteiger partial charge in [-0.3, -0.25) is 0 Å². The first-order chi connectivity index (χ1) is 7.61. The lowest BCUT2D eigenvalue weighted by Gasteiger charge is -1.97. The second-order valence-electron chi connectivity index (χ2n) is 3.05. The van der Waals surface area contributed by atoms with E-state index in [1.165, 1.54) is 0 Å². The van der Waals surface area contributed by atoms with Crippen molar-refractivity contribution in [1.82, 2.24) is 0 Å². The van der Waals surface area contributed by atoms with Crippen LogP contribution in [-0.2, 0) is 0 Å². The Kier molecular flexibility index (Phi) is 5.89. The number of hydrogen-bond acceptors (Lipinski definition) is 2. The Bertz CT molecular complexity index is 424. The summed E-state index contributed by atoms with van der Waals surface area (Å²) in [4.78, 5) is 0. The zero-order valence-corrected chi connectivity index (χ0v) is 12.8. The fourth-order valence-electron chi connectivity index (χ4n) is 0.964. The van der Waals surface area contributed by atoms with E-state index < -0.39 is 0 Å². The van der Waals surface area contributed by atoms with Crippen molar-refractivity contribution in [3.8, 4) is 0 Å². The minimum atomic E-state index is 0.822. The molecule has 0 aliphatic heterocycles. The van der Waals surface area contributed by atoms with Crippen LogP contribution in [0.15, 0.2) is 48.5 Å². The maximum absolute atomic E-state index is 5.67. The van der Waals surface area contributed by atoms with Crippen molar-refractivity contribution in [2.75, 3.05) is 11.5 Å². The van der Waals surface area contributed by atoms with Gasteiger partial charge in [-0.2, -0.15) is 0 Å². The third-order valence-electron chi connectivity index (χ3n) is 1.80. The van der Waals surface area contributed by atoms with Gasteiger partial charge in [0.25, 0.3) is 0 Å². The molecule has 0 fully saturated rings. The molecular weight excluding hydrogens is 426 g/mol. The SMILES string of the molecule is Nc1c(I)cccc1I.Nc1ccccc1. The van der Waals surface area contributed by atoms with Gasteiger partial charge >= 0.3 is 0 Å². The van der Waals surface area contributed by atoms with E-state index in [-0.39, 0.29) is 0 Å². The summed E-state index contributed by atoms with van der Waals surface area (Å²) < 4.78 is 2.25. The van der Waals surface area contributed by atoms with Crippen LogP contribution in [0.2, 0.25) is 0 Å². The maximum Gasteiger partial charge on any atom is 0.0585 e. The third kappa shape index (κ3) is 4.56. The maximum atomic E-state index is 5.67. The van der Waals surface area contributed by atoms with Gasteiger partial charge in [0.1, 0.15) is 0 Å². The Morgan fingerprint density at radius 1 is 0.688 bits per heavy atom. The molecule has 0 heterocycles. The van der Waals surface area contributed by atoms with E-state index in [0.29, 0.717) is 0 Å². The van der Waals surface area contributed by atoms with Gasteiger partial charge in [-0.05, 0) is 69.4 Å². The van der Waals surface area contributed by atoms with Crippen molar-refractivity contribution in [2.45, 2.75) is 0 Å². The summed E-state index contributed by atoms with van der Waals surface area (Å²) in [5, 5.41) is 0. The number of benzene rings is 2. The van der Waals surface area contributed by atoms with E-state index in [4.69, 9.17) is 11.5 Å². The molecule has 0 aliphatic carbocycles. The molecule has 0 saturated heterocycles. The Balaban J connectivity index is 0.000000165. The van der Waals surface area contributed by atoms with E-state index in [1.54, 1.807) is 0 Å². The van der Waals surface area contributed by atoms with Crippen molar-refractivity contribution in [1.29, 1.82) is 0 Å². The minimum Gasteiger partial charge on any atom is -0.399 e. The quantitative estimate of drug-likeness (QED) is 0.487. The molecule has 84 valence electrons. The highest BCUT2D eigenvalue weighted by Gasteiger charge is 1.95. The number of anilines is 2. The first-order valence-corrected chi connectivity index (χ1v) is 6.77. The van der Waals surface area contributed by atoms with Crippen molar-refractivity contribution in [3.63, 3.8) is 0 Å². The van der Waals surface area contributed by atoms with Gasteiger partial charge < -0.3 is 11.5 Å². The van der Waals surface area contributed by atoms with E-state index >= 15 is 0 Å². The molecule has 0 spiro atoms. The highest BCUT2D eigenvalue weighted by molar-refractivity contribution is 14.1. The second-order valence-corrected chi connectivity index (χ2v) is 5.37. The first-order valence-electron chi connectivity index (χ1n) is 4.61. The lowest BCUT2D eigenvalue weighted by atomic mass is 10.3. The molecule has 16 heavy (non-hydrogen) atoms. The molecule has 2 nitrogen and oxygen atoms in total. The molecule has 0 radical (unpaired) electrons. The molecule has 2 rings (SSSR count). The third-order valence-corrected chi connectivity index (χ3v) is 3.68. The number of nitrogen functional groups attached to an aromatic ring is 2. The Hall–Kier alpha value is -0.500. The molecule has 0 saturated carbocycles. The summed E-state index contributed by atoms with van der Waals surface area (Å²) in [6.45, 7) is 0. The number of para-hydroxylation sites is 2. The van der Waals surface area contributed by atoms with Crippen LogP contribution in [0.3, 0.4) is 0 Å². The summed E-state index contributed by atoms with van der Waals surface area (Å²) >= 11 is 4.44. The van der Waals surface area contributed by atoms with Crippen LogP contribution < -0.4 is 11.5 Å². The monoisotopic (exact) mass is 438 g/mol. The molecule has 0 unspecified atom stereocenters. The Labute approximate surface area is 123 Å². The predicted molar refractivity (Wildman–Crippen MR) is 87.1 cm³/mol. The van der Waals surface area contributed by atoms with E-state index in [1.807, 2.05) is 48.5 Å². The molecule has 2 aromatic carbocycles. The summed E-state index contributed by atoms with van der Waals surface area (Å²) in [7, 11) is 0. The van der Waals surface area contributed by atoms with E-state index in [0.717, 1.165) is 18.5 Å². The fourth-order valence-corrected chi connectivity index (χ4v) is 2.48. The number of nitrogens with two attached hydrogens (primary N) is 2. The molecule has 0 aliphatic rings. The van der Waals surface area contributed by atoms with Gasteiger partial charge in [-0.1, -0.05) is 24.3 Å². The van der Waals surface area contributed by atoms with E-state index in [2.05, 4.69) is 45.2 Å². The van der Waals surface area contributed by atoms with Crippen molar-refractivity contribution in [3.05, 3.63) is 55.7 Å². The van der Waals surface area contributed by atoms with Crippen molar-refractivity contribution >= 4 is 56.6 Å². The average molecular weight is 438 g/mol. The molecular formula is C12H12I2N2. The summed E-state index contributed by atoms with van der Waals surface area (Å²) in [6.07, 6.45) is 0. The van der Waals surface area contributed by atoms with Gasteiger partial charge in [0.15, 0.2) is 0 Å². The van der Waals surface area contributed by atoms with Crippen LogP contribution in [0.25, 0.3) is 0 Å². The lowest BCUT2D eigenvalue weighted by Crippen LogP contribution is -1.91. The van der Waals surface area contributed by atoms with Gasteiger partial charge in [0.2, 0.25) is 0 Å². The largest absolute Gasteiger partial charge is 0.399 e. The van der Waals surface area contributed by atoms with Crippen molar-refractivity contribution in [2.24, 2.45) is 0 Å². The fraction of sp³-hybridized carbons (Fsp3) is 0. The zero-order valence-electron chi connectivity index (χ0n) is 8.53. The number of rotatable bonds is 0. The van der Waals surface area contributed by atoms with E-state index in [9.17, 15) is 0 Å². The number of hydrogen-bond donors (Lipinski definition) is 2. The smallest absolute Gasteiger partial charge is 0.0585 e. The van der Waals surface area contributed by atoms with Crippen LogP contribution in [0.1, 0.15) is 0 Å². The Morgan fingerprint density at radius 3 is 1.50 bits per heavy atom. The second kappa shape index (κ2) is 6.95. The minimum absolute atomic E-state index is 0.822. The van der Waals surface area contributed by atoms with Crippen LogP contribution >= 0.6 is 45.2 Å². The lowest BCUT2D eigenvalue weighted by molar-refractivity contribution is 1.58. The normalized spacial score (nSPS) is 9.12. The van der Waals surface area contributed by atoms with Crippen LogP contribution in [-0.4, -0.2) is 0 Å². The predicted octanol–water partition coefficient (Wildman–Crippen LogP) is 3.75. The van der Waals surface area contributed by atoms with Gasteiger partial charge in [-0.25, -0.2) is 0 Å². The molecule has 2 aromatic rings. The summed E-state index contributed by atoms with van der Waals surface area (Å²) in [5.41, 5.74) is 12.7. The topological polar surface area (TPSA) is 52.0 Å². The Morgan fingerprint density at radius 2 is 1.19 bits per heavy atom. The summed E-state index contributed by atoms with van der Waals surface area (Å²) in [5.74, 6) is 0. The molecule has 4 N–H and O–H groups in total. The highest BCUT2D eigenvalue weighted by Crippen LogP contribution is 2.20. The zero-order chi connectivity index (χ0) is 12.0. The average Bonchev–Trinajstić information content (AvgIpc) is 2.28. The van der Waals surface area contributed by atoms with Gasteiger partial charge in [-0.15, -0.1) is 0 Å². The first kappa shape index (κ1) is 13.6. The number of halogens is 2. The highest BCUT2D eigenvalue weighted by atomic mass is 127. The van der Waals surface area contributed by atoms with Crippen LogP contribution in [0.5, 0.6) is 0 Å². The summed E-state index contributed by atoms with van der Waals surface area (Å²) in [6, 6.07) is 15.5. The molecule has 0 atom stereocenters. The molecule has 0 amide bonds. The van der Waals surface area contributed by atoms with Gasteiger partial charge in [0.05, 0.1) is 5.69 Å². The van der Waals surface area contributed by atoms with Gasteiger partial charge in [0, 0.05) is 12.8 Å². The standard InChI is InChI=1S/C6H5I2N.C6H7N/c7-4-2-1-3-5(8)6(4)9;7-6-4-2-1-3-5-6/h1-3H,9H2;1-5H,7H2. The van der Waals surface area contributed by atoms with Crippen LogP contribution in [0, 0.1) is 7.14 Å². The molecule has 4 heteroatoms. The molecule has 0 bridgehead atoms. The van der Waals surface area contributed by atoms with Crippen LogP contribution in [0.4, 0.5) is 11.4 Å². The molecule has 0 aromatic heterocycles.